The Morgan fingerprint density at radius 2 is 2.13 bits per heavy atom. The number of rotatable bonds is 6. The molecule has 30 heavy (non-hydrogen) atoms. The van der Waals surface area contributed by atoms with Crippen molar-refractivity contribution in [2.75, 3.05) is 31.7 Å². The number of hydrogen-bond acceptors (Lipinski definition) is 6. The first-order valence-corrected chi connectivity index (χ1v) is 9.08. The fourth-order valence-corrected chi connectivity index (χ4v) is 3.15. The van der Waals surface area contributed by atoms with Gasteiger partial charge in [-0.25, -0.2) is 4.98 Å². The number of benzene rings is 1. The van der Waals surface area contributed by atoms with Crippen molar-refractivity contribution in [2.45, 2.75) is 18.6 Å². The maximum atomic E-state index is 12.6. The Bertz CT molecular complexity index is 942. The Labute approximate surface area is 171 Å². The predicted octanol–water partition coefficient (Wildman–Crippen LogP) is 3.11. The Hall–Kier alpha value is -3.32. The molecule has 1 saturated heterocycles. The standard InChI is InChI=1S/C20H19F3N4O3/c1-29-12-19(28)26-14-4-5-27(11-14)15-6-13(9-24)7-17(8-15)30-16-2-3-18(25-10-16)20(21,22)23/h2-3,6-8,10,14H,4-5,11-12H2,1H3,(H,26,28)/t14-/m0/s1. The number of nitriles is 1. The lowest BCUT2D eigenvalue weighted by Gasteiger charge is -2.20. The monoisotopic (exact) mass is 420 g/mol. The minimum Gasteiger partial charge on any atom is -0.456 e. The number of carbonyl (C=O) groups is 1. The number of nitrogens with zero attached hydrogens (tertiary/aromatic N) is 3. The summed E-state index contributed by atoms with van der Waals surface area (Å²) in [4.78, 5) is 17.1. The van der Waals surface area contributed by atoms with Crippen molar-refractivity contribution >= 4 is 11.6 Å². The van der Waals surface area contributed by atoms with Crippen molar-refractivity contribution in [3.8, 4) is 17.6 Å². The van der Waals surface area contributed by atoms with Crippen molar-refractivity contribution in [1.29, 1.82) is 5.26 Å². The molecule has 0 unspecified atom stereocenters. The summed E-state index contributed by atoms with van der Waals surface area (Å²) in [6.45, 7) is 1.19. The van der Waals surface area contributed by atoms with Crippen molar-refractivity contribution in [2.24, 2.45) is 0 Å². The van der Waals surface area contributed by atoms with Crippen molar-refractivity contribution in [3.05, 3.63) is 47.8 Å². The number of pyridine rings is 1. The zero-order valence-corrected chi connectivity index (χ0v) is 16.1. The fourth-order valence-electron chi connectivity index (χ4n) is 3.15. The van der Waals surface area contributed by atoms with Gasteiger partial charge in [0.25, 0.3) is 0 Å². The highest BCUT2D eigenvalue weighted by Crippen LogP contribution is 2.32. The molecule has 1 aliphatic heterocycles. The fraction of sp³-hybridized carbons (Fsp3) is 0.350. The molecule has 0 radical (unpaired) electrons. The number of anilines is 1. The molecule has 0 aliphatic carbocycles. The summed E-state index contributed by atoms with van der Waals surface area (Å²) in [5.74, 6) is 0.224. The Balaban J connectivity index is 1.73. The third kappa shape index (κ3) is 5.39. The lowest BCUT2D eigenvalue weighted by Crippen LogP contribution is -2.38. The van der Waals surface area contributed by atoms with Gasteiger partial charge < -0.3 is 19.7 Å². The normalized spacial score (nSPS) is 16.2. The van der Waals surface area contributed by atoms with Gasteiger partial charge in [0.2, 0.25) is 5.91 Å². The lowest BCUT2D eigenvalue weighted by atomic mass is 10.2. The first-order chi connectivity index (χ1) is 14.3. The molecule has 2 heterocycles. The van der Waals surface area contributed by atoms with Crippen LogP contribution in [-0.2, 0) is 15.7 Å². The van der Waals surface area contributed by atoms with Gasteiger partial charge in [0.1, 0.15) is 23.8 Å². The van der Waals surface area contributed by atoms with E-state index >= 15 is 0 Å². The minimum absolute atomic E-state index is 0.0143. The summed E-state index contributed by atoms with van der Waals surface area (Å²) < 4.78 is 48.4. The first kappa shape index (κ1) is 21.4. The molecule has 1 atom stereocenters. The number of amides is 1. The Kier molecular flexibility index (Phi) is 6.42. The van der Waals surface area contributed by atoms with Crippen LogP contribution in [0.2, 0.25) is 0 Å². The van der Waals surface area contributed by atoms with Gasteiger partial charge in [-0.15, -0.1) is 0 Å². The van der Waals surface area contributed by atoms with Gasteiger partial charge in [-0.2, -0.15) is 18.4 Å². The van der Waals surface area contributed by atoms with E-state index in [1.807, 2.05) is 11.0 Å². The SMILES string of the molecule is COCC(=O)N[C@H]1CCN(c2cc(C#N)cc(Oc3ccc(C(F)(F)F)nc3)c2)C1. The molecular formula is C20H19F3N4O3. The predicted molar refractivity (Wildman–Crippen MR) is 101 cm³/mol. The highest BCUT2D eigenvalue weighted by Gasteiger charge is 2.32. The number of methoxy groups -OCH3 is 1. The summed E-state index contributed by atoms with van der Waals surface area (Å²) in [5, 5.41) is 12.2. The Morgan fingerprint density at radius 3 is 2.77 bits per heavy atom. The second-order valence-corrected chi connectivity index (χ2v) is 6.74. The molecular weight excluding hydrogens is 401 g/mol. The molecule has 0 bridgehead atoms. The largest absolute Gasteiger partial charge is 0.456 e. The third-order valence-electron chi connectivity index (χ3n) is 4.48. The quantitative estimate of drug-likeness (QED) is 0.773. The highest BCUT2D eigenvalue weighted by molar-refractivity contribution is 5.77. The summed E-state index contributed by atoms with van der Waals surface area (Å²) in [7, 11) is 1.45. The van der Waals surface area contributed by atoms with E-state index in [0.717, 1.165) is 18.7 Å². The van der Waals surface area contributed by atoms with E-state index in [1.165, 1.54) is 19.2 Å². The summed E-state index contributed by atoms with van der Waals surface area (Å²) >= 11 is 0. The number of alkyl halides is 3. The van der Waals surface area contributed by atoms with E-state index in [0.29, 0.717) is 30.1 Å². The molecule has 1 aromatic heterocycles. The number of nitrogens with one attached hydrogen (secondary N) is 1. The van der Waals surface area contributed by atoms with Gasteiger partial charge >= 0.3 is 6.18 Å². The van der Waals surface area contributed by atoms with Crippen LogP contribution >= 0.6 is 0 Å². The molecule has 1 aliphatic rings. The maximum absolute atomic E-state index is 12.6. The molecule has 158 valence electrons. The van der Waals surface area contributed by atoms with Crippen LogP contribution in [0.25, 0.3) is 0 Å². The number of hydrogen-bond donors (Lipinski definition) is 1. The first-order valence-electron chi connectivity index (χ1n) is 9.08. The zero-order chi connectivity index (χ0) is 21.7. The van der Waals surface area contributed by atoms with Crippen LogP contribution in [0.1, 0.15) is 17.7 Å². The van der Waals surface area contributed by atoms with Gasteiger partial charge in [-0.1, -0.05) is 0 Å². The van der Waals surface area contributed by atoms with Crippen LogP contribution in [0.15, 0.2) is 36.5 Å². The Morgan fingerprint density at radius 1 is 1.33 bits per heavy atom. The number of ether oxygens (including phenoxy) is 2. The summed E-state index contributed by atoms with van der Waals surface area (Å²) in [6, 6.07) is 8.88. The topological polar surface area (TPSA) is 87.5 Å². The van der Waals surface area contributed by atoms with Crippen molar-refractivity contribution in [3.63, 3.8) is 0 Å². The van der Waals surface area contributed by atoms with E-state index in [4.69, 9.17) is 9.47 Å². The summed E-state index contributed by atoms with van der Waals surface area (Å²) in [5.41, 5.74) is 0.0431. The number of carbonyl (C=O) groups excluding carboxylic acids is 1. The minimum atomic E-state index is -4.53. The highest BCUT2D eigenvalue weighted by atomic mass is 19.4. The van der Waals surface area contributed by atoms with Gasteiger partial charge in [0.15, 0.2) is 0 Å². The van der Waals surface area contributed by atoms with Crippen LogP contribution < -0.4 is 15.0 Å². The summed E-state index contributed by atoms with van der Waals surface area (Å²) in [6.07, 6.45) is -2.82. The van der Waals surface area contributed by atoms with E-state index in [9.17, 15) is 23.2 Å². The second kappa shape index (κ2) is 9.00. The van der Waals surface area contributed by atoms with Crippen LogP contribution in [0.3, 0.4) is 0 Å². The zero-order valence-electron chi connectivity index (χ0n) is 16.1. The van der Waals surface area contributed by atoms with E-state index in [2.05, 4.69) is 10.3 Å². The molecule has 1 N–H and O–H groups in total. The molecule has 1 aromatic carbocycles. The maximum Gasteiger partial charge on any atom is 0.433 e. The number of halogens is 3. The van der Waals surface area contributed by atoms with E-state index in [-0.39, 0.29) is 24.3 Å². The molecule has 1 fully saturated rings. The van der Waals surface area contributed by atoms with Gasteiger partial charge in [-0.05, 0) is 30.7 Å². The van der Waals surface area contributed by atoms with Crippen LogP contribution in [0, 0.1) is 11.3 Å². The second-order valence-electron chi connectivity index (χ2n) is 6.74. The van der Waals surface area contributed by atoms with E-state index < -0.39 is 11.9 Å². The molecule has 2 aromatic rings. The van der Waals surface area contributed by atoms with Crippen LogP contribution in [-0.4, -0.2) is 43.7 Å². The van der Waals surface area contributed by atoms with E-state index in [1.54, 1.807) is 12.1 Å². The third-order valence-corrected chi connectivity index (χ3v) is 4.48. The molecule has 10 heteroatoms. The molecule has 3 rings (SSSR count). The molecule has 0 saturated carbocycles. The number of aromatic nitrogens is 1. The van der Waals surface area contributed by atoms with Gasteiger partial charge in [0.05, 0.1) is 17.8 Å². The smallest absolute Gasteiger partial charge is 0.433 e. The average Bonchev–Trinajstić information content (AvgIpc) is 3.16. The van der Waals surface area contributed by atoms with Crippen LogP contribution in [0.5, 0.6) is 11.5 Å². The van der Waals surface area contributed by atoms with Gasteiger partial charge in [0, 0.05) is 38.0 Å². The molecule has 7 nitrogen and oxygen atoms in total. The van der Waals surface area contributed by atoms with Gasteiger partial charge in [-0.3, -0.25) is 4.79 Å². The average molecular weight is 420 g/mol. The van der Waals surface area contributed by atoms with Crippen molar-refractivity contribution in [1.82, 2.24) is 10.3 Å². The van der Waals surface area contributed by atoms with Crippen molar-refractivity contribution < 1.29 is 27.4 Å². The molecule has 1 amide bonds. The van der Waals surface area contributed by atoms with Crippen LogP contribution in [0.4, 0.5) is 18.9 Å². The lowest BCUT2D eigenvalue weighted by molar-refractivity contribution is -0.141. The molecule has 0 spiro atoms.